The summed E-state index contributed by atoms with van der Waals surface area (Å²) in [7, 11) is 0. The summed E-state index contributed by atoms with van der Waals surface area (Å²) in [6.07, 6.45) is 0. The van der Waals surface area contributed by atoms with Crippen molar-refractivity contribution < 1.29 is 9.90 Å². The molecule has 1 aromatic carbocycles. The highest BCUT2D eigenvalue weighted by atomic mass is 32.2. The van der Waals surface area contributed by atoms with E-state index in [1.54, 1.807) is 9.58 Å². The van der Waals surface area contributed by atoms with Gasteiger partial charge < -0.3 is 15.3 Å². The van der Waals surface area contributed by atoms with Gasteiger partial charge in [0.15, 0.2) is 0 Å². The first-order chi connectivity index (χ1) is 11.7. The fourth-order valence-corrected chi connectivity index (χ4v) is 3.23. The summed E-state index contributed by atoms with van der Waals surface area (Å²) in [4.78, 5) is 14.2. The van der Waals surface area contributed by atoms with Crippen LogP contribution in [-0.2, 0) is 25.4 Å². The molecule has 1 aliphatic heterocycles. The van der Waals surface area contributed by atoms with E-state index in [4.69, 9.17) is 0 Å². The molecule has 0 saturated carbocycles. The Balaban J connectivity index is 1.61. The van der Waals surface area contributed by atoms with Crippen LogP contribution in [0.15, 0.2) is 24.3 Å². The van der Waals surface area contributed by atoms with Crippen LogP contribution in [0, 0.1) is 0 Å². The van der Waals surface area contributed by atoms with E-state index < -0.39 is 0 Å². The summed E-state index contributed by atoms with van der Waals surface area (Å²) in [5.74, 6) is 2.08. The second-order valence-corrected chi connectivity index (χ2v) is 6.82. The van der Waals surface area contributed by atoms with Gasteiger partial charge in [0, 0.05) is 18.0 Å². The van der Waals surface area contributed by atoms with Crippen LogP contribution >= 0.6 is 11.8 Å². The number of carbonyl (C=O) groups excluding carboxylic acids is 1. The minimum absolute atomic E-state index is 0.151. The van der Waals surface area contributed by atoms with Crippen molar-refractivity contribution in [1.82, 2.24) is 19.9 Å². The molecule has 2 N–H and O–H groups in total. The smallest absolute Gasteiger partial charge is 0.322 e. The number of aliphatic hydroxyl groups excluding tert-OH is 1. The summed E-state index contributed by atoms with van der Waals surface area (Å²) in [5, 5.41) is 20.1. The minimum atomic E-state index is -0.165. The Kier molecular flexibility index (Phi) is 5.37. The van der Waals surface area contributed by atoms with E-state index in [9.17, 15) is 9.90 Å². The number of amides is 2. The first-order valence-corrected chi connectivity index (χ1v) is 9.11. The van der Waals surface area contributed by atoms with Crippen LogP contribution in [0.1, 0.15) is 23.9 Å². The summed E-state index contributed by atoms with van der Waals surface area (Å²) >= 11 is 1.87. The van der Waals surface area contributed by atoms with Crippen LogP contribution in [0.3, 0.4) is 0 Å². The minimum Gasteiger partial charge on any atom is -0.390 e. The Hall–Kier alpha value is -2.06. The molecule has 0 bridgehead atoms. The highest BCUT2D eigenvalue weighted by molar-refractivity contribution is 7.98. The molecule has 0 fully saturated rings. The van der Waals surface area contributed by atoms with Crippen molar-refractivity contribution in [3.8, 4) is 0 Å². The third kappa shape index (κ3) is 3.70. The molecule has 3 rings (SSSR count). The molecule has 0 saturated heterocycles. The van der Waals surface area contributed by atoms with E-state index in [1.165, 1.54) is 5.56 Å². The van der Waals surface area contributed by atoms with Gasteiger partial charge in [-0.25, -0.2) is 9.48 Å². The molecule has 2 amide bonds. The lowest BCUT2D eigenvalue weighted by Crippen LogP contribution is -2.41. The van der Waals surface area contributed by atoms with E-state index in [-0.39, 0.29) is 12.6 Å². The van der Waals surface area contributed by atoms with Gasteiger partial charge in [0.1, 0.15) is 5.69 Å². The Morgan fingerprint density at radius 2 is 2.12 bits per heavy atom. The van der Waals surface area contributed by atoms with Gasteiger partial charge in [0.2, 0.25) is 0 Å². The lowest BCUT2D eigenvalue weighted by Gasteiger charge is -2.27. The number of carbonyl (C=O) groups is 1. The van der Waals surface area contributed by atoms with E-state index >= 15 is 0 Å². The molecule has 0 atom stereocenters. The van der Waals surface area contributed by atoms with Crippen LogP contribution in [0.25, 0.3) is 0 Å². The number of hydrogen-bond acceptors (Lipinski definition) is 5. The fraction of sp³-hybridized carbons (Fsp3) is 0.438. The molecular weight excluding hydrogens is 326 g/mol. The molecule has 8 heteroatoms. The average molecular weight is 347 g/mol. The van der Waals surface area contributed by atoms with Gasteiger partial charge in [-0.2, -0.15) is 11.8 Å². The zero-order chi connectivity index (χ0) is 16.9. The number of nitrogens with zero attached hydrogens (tertiary/aromatic N) is 4. The number of aliphatic hydroxyl groups is 1. The molecule has 0 aliphatic carbocycles. The number of rotatable bonds is 5. The zero-order valence-corrected chi connectivity index (χ0v) is 14.4. The number of aromatic nitrogens is 3. The third-order valence-electron chi connectivity index (χ3n) is 3.96. The summed E-state index contributed by atoms with van der Waals surface area (Å²) in [5.41, 5.74) is 3.36. The fourth-order valence-electron chi connectivity index (χ4n) is 2.60. The maximum Gasteiger partial charge on any atom is 0.322 e. The zero-order valence-electron chi connectivity index (χ0n) is 13.6. The van der Waals surface area contributed by atoms with Gasteiger partial charge in [-0.3, -0.25) is 0 Å². The molecule has 7 nitrogen and oxygen atoms in total. The van der Waals surface area contributed by atoms with Crippen molar-refractivity contribution in [1.29, 1.82) is 0 Å². The van der Waals surface area contributed by atoms with E-state index in [0.29, 0.717) is 25.3 Å². The molecule has 2 aromatic rings. The lowest BCUT2D eigenvalue weighted by atomic mass is 10.2. The van der Waals surface area contributed by atoms with Crippen molar-refractivity contribution in [2.45, 2.75) is 32.4 Å². The molecule has 128 valence electrons. The van der Waals surface area contributed by atoms with Gasteiger partial charge >= 0.3 is 6.03 Å². The topological polar surface area (TPSA) is 83.3 Å². The van der Waals surface area contributed by atoms with E-state index in [2.05, 4.69) is 22.6 Å². The second-order valence-electron chi connectivity index (χ2n) is 5.55. The van der Waals surface area contributed by atoms with Gasteiger partial charge in [-0.15, -0.1) is 5.10 Å². The van der Waals surface area contributed by atoms with Crippen LogP contribution in [0.5, 0.6) is 0 Å². The molecule has 0 radical (unpaired) electrons. The number of fused-ring (bicyclic) bond motifs is 1. The molecular formula is C16H21N5O2S. The van der Waals surface area contributed by atoms with Crippen LogP contribution in [-0.4, -0.2) is 43.3 Å². The number of anilines is 1. The molecule has 0 unspecified atom stereocenters. The van der Waals surface area contributed by atoms with Crippen LogP contribution in [0.4, 0.5) is 10.5 Å². The van der Waals surface area contributed by atoms with Gasteiger partial charge in [-0.05, 0) is 23.4 Å². The standard InChI is InChI=1S/C16H21N5O2S/c1-2-24-11-12-3-5-13(6-4-12)17-16(23)20-7-8-21-15(9-20)14(10-22)18-19-21/h3-6,22H,2,7-11H2,1H3,(H,17,23). The SMILES string of the molecule is CCSCc1ccc(NC(=O)N2CCn3nnc(CO)c3C2)cc1. The van der Waals surface area contributed by atoms with Crippen molar-refractivity contribution in [2.75, 3.05) is 17.6 Å². The first-order valence-electron chi connectivity index (χ1n) is 7.96. The molecule has 1 aliphatic rings. The summed E-state index contributed by atoms with van der Waals surface area (Å²) in [6, 6.07) is 7.78. The Bertz CT molecular complexity index is 687. The maximum atomic E-state index is 12.5. The van der Waals surface area contributed by atoms with E-state index in [0.717, 1.165) is 22.9 Å². The lowest BCUT2D eigenvalue weighted by molar-refractivity contribution is 0.193. The highest BCUT2D eigenvalue weighted by Crippen LogP contribution is 2.18. The van der Waals surface area contributed by atoms with Crippen molar-refractivity contribution in [2.24, 2.45) is 0 Å². The number of benzene rings is 1. The number of hydrogen-bond donors (Lipinski definition) is 2. The average Bonchev–Trinajstić information content (AvgIpc) is 3.03. The summed E-state index contributed by atoms with van der Waals surface area (Å²) in [6.45, 7) is 3.53. The van der Waals surface area contributed by atoms with Gasteiger partial charge in [0.05, 0.1) is 25.4 Å². The number of nitrogens with one attached hydrogen (secondary N) is 1. The van der Waals surface area contributed by atoms with Gasteiger partial charge in [-0.1, -0.05) is 24.3 Å². The predicted molar refractivity (Wildman–Crippen MR) is 93.7 cm³/mol. The van der Waals surface area contributed by atoms with Crippen molar-refractivity contribution in [3.63, 3.8) is 0 Å². The van der Waals surface area contributed by atoms with Crippen LogP contribution < -0.4 is 5.32 Å². The van der Waals surface area contributed by atoms with Crippen LogP contribution in [0.2, 0.25) is 0 Å². The Labute approximate surface area is 145 Å². The van der Waals surface area contributed by atoms with Crippen molar-refractivity contribution >= 4 is 23.5 Å². The van der Waals surface area contributed by atoms with Crippen molar-refractivity contribution in [3.05, 3.63) is 41.2 Å². The first kappa shape index (κ1) is 16.8. The monoisotopic (exact) mass is 347 g/mol. The third-order valence-corrected chi connectivity index (χ3v) is 4.90. The highest BCUT2D eigenvalue weighted by Gasteiger charge is 2.24. The molecule has 2 heterocycles. The molecule has 1 aromatic heterocycles. The largest absolute Gasteiger partial charge is 0.390 e. The van der Waals surface area contributed by atoms with E-state index in [1.807, 2.05) is 36.0 Å². The van der Waals surface area contributed by atoms with Gasteiger partial charge in [0.25, 0.3) is 0 Å². The molecule has 24 heavy (non-hydrogen) atoms. The quantitative estimate of drug-likeness (QED) is 0.865. The Morgan fingerprint density at radius 3 is 2.83 bits per heavy atom. The molecule has 0 spiro atoms. The number of thioether (sulfide) groups is 1. The Morgan fingerprint density at radius 1 is 1.33 bits per heavy atom. The normalized spacial score (nSPS) is 13.7. The summed E-state index contributed by atoms with van der Waals surface area (Å²) < 4.78 is 1.75. The maximum absolute atomic E-state index is 12.5. The second kappa shape index (κ2) is 7.67. The number of urea groups is 1. The predicted octanol–water partition coefficient (Wildman–Crippen LogP) is 2.07.